The van der Waals surface area contributed by atoms with Crippen LogP contribution in [0.2, 0.25) is 0 Å². The van der Waals surface area contributed by atoms with Crippen LogP contribution < -0.4 is 4.90 Å². The summed E-state index contributed by atoms with van der Waals surface area (Å²) in [6, 6.07) is 35.9. The van der Waals surface area contributed by atoms with E-state index in [1.165, 1.54) is 55.3 Å². The van der Waals surface area contributed by atoms with Crippen molar-refractivity contribution in [1.29, 1.82) is 0 Å². The monoisotopic (exact) mass is 457 g/mol. The van der Waals surface area contributed by atoms with Gasteiger partial charge in [0, 0.05) is 22.1 Å². The molecule has 1 nitrogen and oxygen atoms in total. The van der Waals surface area contributed by atoms with Crippen LogP contribution in [0.15, 0.2) is 97.1 Å². The molecular formula is C34H35N. The fourth-order valence-corrected chi connectivity index (χ4v) is 5.09. The predicted molar refractivity (Wildman–Crippen MR) is 154 cm³/mol. The largest absolute Gasteiger partial charge is 0.309 e. The molecule has 5 rings (SSSR count). The minimum atomic E-state index is 0.117. The van der Waals surface area contributed by atoms with Crippen LogP contribution in [0.5, 0.6) is 0 Å². The second kappa shape index (κ2) is 8.89. The highest BCUT2D eigenvalue weighted by Gasteiger charge is 2.21. The normalized spacial score (nSPS) is 12.0. The molecule has 0 saturated heterocycles. The zero-order valence-corrected chi connectivity index (χ0v) is 21.8. The highest BCUT2D eigenvalue weighted by atomic mass is 15.1. The SMILES string of the molecule is Cc1c2ccccc2c(N(c2ccc(C(C)C)cc2)c2ccc(C(C)(C)C)cc2)c2ccccc12. The molecule has 0 bridgehead atoms. The maximum absolute atomic E-state index is 2.45. The summed E-state index contributed by atoms with van der Waals surface area (Å²) in [5, 5.41) is 5.15. The molecule has 0 aromatic heterocycles. The van der Waals surface area contributed by atoms with Gasteiger partial charge < -0.3 is 4.90 Å². The van der Waals surface area contributed by atoms with Crippen molar-refractivity contribution in [3.63, 3.8) is 0 Å². The third-order valence-corrected chi connectivity index (χ3v) is 7.21. The third kappa shape index (κ3) is 4.21. The van der Waals surface area contributed by atoms with Gasteiger partial charge in [0.05, 0.1) is 5.69 Å². The molecular weight excluding hydrogens is 422 g/mol. The molecule has 0 atom stereocenters. The first-order valence-electron chi connectivity index (χ1n) is 12.7. The fraction of sp³-hybridized carbons (Fsp3) is 0.235. The first-order valence-corrected chi connectivity index (χ1v) is 12.7. The van der Waals surface area contributed by atoms with Gasteiger partial charge in [-0.3, -0.25) is 0 Å². The number of nitrogens with zero attached hydrogens (tertiary/aromatic N) is 1. The van der Waals surface area contributed by atoms with Crippen molar-refractivity contribution in [3.05, 3.63) is 114 Å². The molecule has 5 aromatic carbocycles. The Balaban J connectivity index is 1.83. The highest BCUT2D eigenvalue weighted by molar-refractivity contribution is 6.16. The number of fused-ring (bicyclic) bond motifs is 2. The Kier molecular flexibility index (Phi) is 5.89. The Bertz CT molecular complexity index is 1430. The second-order valence-corrected chi connectivity index (χ2v) is 10.9. The molecule has 0 aliphatic rings. The van der Waals surface area contributed by atoms with Crippen LogP contribution in [0.25, 0.3) is 21.5 Å². The summed E-state index contributed by atoms with van der Waals surface area (Å²) in [5.41, 5.74) is 7.74. The van der Waals surface area contributed by atoms with Crippen molar-refractivity contribution in [2.75, 3.05) is 4.90 Å². The van der Waals surface area contributed by atoms with E-state index in [-0.39, 0.29) is 5.41 Å². The van der Waals surface area contributed by atoms with Gasteiger partial charge in [-0.15, -0.1) is 0 Å². The minimum absolute atomic E-state index is 0.117. The van der Waals surface area contributed by atoms with E-state index in [9.17, 15) is 0 Å². The first kappa shape index (κ1) is 23.2. The van der Waals surface area contributed by atoms with Crippen LogP contribution in [-0.4, -0.2) is 0 Å². The van der Waals surface area contributed by atoms with Crippen LogP contribution in [0.4, 0.5) is 17.1 Å². The zero-order chi connectivity index (χ0) is 24.7. The number of aryl methyl sites for hydroxylation is 1. The standard InChI is InChI=1S/C34H35N/c1-23(2)25-15-19-27(20-16-25)35(28-21-17-26(18-22-28)34(4,5)6)33-31-13-9-7-11-29(31)24(3)30-12-8-10-14-32(30)33/h7-23H,1-6H3. The molecule has 0 N–H and O–H groups in total. The van der Waals surface area contributed by atoms with Gasteiger partial charge in [-0.05, 0) is 70.0 Å². The summed E-state index contributed by atoms with van der Waals surface area (Å²) in [6.45, 7) is 13.6. The van der Waals surface area contributed by atoms with Crippen molar-refractivity contribution in [2.45, 2.75) is 52.9 Å². The molecule has 0 unspecified atom stereocenters. The molecule has 0 saturated carbocycles. The Morgan fingerprint density at radius 2 is 1.00 bits per heavy atom. The van der Waals surface area contributed by atoms with Crippen molar-refractivity contribution >= 4 is 38.6 Å². The lowest BCUT2D eigenvalue weighted by molar-refractivity contribution is 0.590. The van der Waals surface area contributed by atoms with Crippen molar-refractivity contribution < 1.29 is 0 Å². The molecule has 0 aliphatic carbocycles. The zero-order valence-electron chi connectivity index (χ0n) is 21.8. The summed E-state index contributed by atoms with van der Waals surface area (Å²) in [5.74, 6) is 0.504. The number of benzene rings is 5. The third-order valence-electron chi connectivity index (χ3n) is 7.21. The highest BCUT2D eigenvalue weighted by Crippen LogP contribution is 2.45. The Morgan fingerprint density at radius 1 is 0.571 bits per heavy atom. The van der Waals surface area contributed by atoms with E-state index in [4.69, 9.17) is 0 Å². The summed E-state index contributed by atoms with van der Waals surface area (Å²) in [6.07, 6.45) is 0. The van der Waals surface area contributed by atoms with Crippen molar-refractivity contribution in [1.82, 2.24) is 0 Å². The number of hydrogen-bond acceptors (Lipinski definition) is 1. The summed E-state index contributed by atoms with van der Waals surface area (Å²) >= 11 is 0. The molecule has 1 heteroatoms. The van der Waals surface area contributed by atoms with E-state index >= 15 is 0 Å². The molecule has 0 heterocycles. The van der Waals surface area contributed by atoms with E-state index in [1.807, 2.05) is 0 Å². The first-order chi connectivity index (χ1) is 16.8. The minimum Gasteiger partial charge on any atom is -0.309 e. The van der Waals surface area contributed by atoms with E-state index < -0.39 is 0 Å². The topological polar surface area (TPSA) is 3.24 Å². The molecule has 0 spiro atoms. The lowest BCUT2D eigenvalue weighted by Gasteiger charge is -2.30. The van der Waals surface area contributed by atoms with Crippen molar-refractivity contribution in [2.24, 2.45) is 0 Å². The smallest absolute Gasteiger partial charge is 0.0618 e. The molecule has 0 fully saturated rings. The summed E-state index contributed by atoms with van der Waals surface area (Å²) in [4.78, 5) is 2.45. The Labute approximate surface area is 210 Å². The van der Waals surface area contributed by atoms with Gasteiger partial charge in [0.1, 0.15) is 0 Å². The molecule has 0 amide bonds. The van der Waals surface area contributed by atoms with E-state index in [2.05, 4.69) is 144 Å². The number of anilines is 3. The van der Waals surface area contributed by atoms with Gasteiger partial charge in [0.25, 0.3) is 0 Å². The maximum atomic E-state index is 2.45. The van der Waals surface area contributed by atoms with E-state index in [1.54, 1.807) is 0 Å². The maximum Gasteiger partial charge on any atom is 0.0618 e. The Hall–Kier alpha value is -3.58. The molecule has 0 radical (unpaired) electrons. The average molecular weight is 458 g/mol. The van der Waals surface area contributed by atoms with Gasteiger partial charge in [0.15, 0.2) is 0 Å². The molecule has 35 heavy (non-hydrogen) atoms. The fourth-order valence-electron chi connectivity index (χ4n) is 5.09. The number of rotatable bonds is 4. The van der Waals surface area contributed by atoms with E-state index in [0.717, 1.165) is 0 Å². The average Bonchev–Trinajstić information content (AvgIpc) is 2.86. The quantitative estimate of drug-likeness (QED) is 0.243. The molecule has 0 aliphatic heterocycles. The lowest BCUT2D eigenvalue weighted by Crippen LogP contribution is -2.14. The van der Waals surface area contributed by atoms with Crippen LogP contribution in [0.3, 0.4) is 0 Å². The lowest BCUT2D eigenvalue weighted by atomic mass is 9.87. The summed E-state index contributed by atoms with van der Waals surface area (Å²) in [7, 11) is 0. The van der Waals surface area contributed by atoms with Crippen LogP contribution in [-0.2, 0) is 5.41 Å². The van der Waals surface area contributed by atoms with Gasteiger partial charge in [-0.1, -0.05) is 107 Å². The van der Waals surface area contributed by atoms with Crippen molar-refractivity contribution in [3.8, 4) is 0 Å². The molecule has 5 aromatic rings. The molecule has 176 valence electrons. The second-order valence-electron chi connectivity index (χ2n) is 10.9. The number of hydrogen-bond donors (Lipinski definition) is 0. The summed E-state index contributed by atoms with van der Waals surface area (Å²) < 4.78 is 0. The van der Waals surface area contributed by atoms with Crippen LogP contribution in [0.1, 0.15) is 57.2 Å². The van der Waals surface area contributed by atoms with Crippen LogP contribution in [0, 0.1) is 6.92 Å². The van der Waals surface area contributed by atoms with Gasteiger partial charge >= 0.3 is 0 Å². The van der Waals surface area contributed by atoms with Crippen LogP contribution >= 0.6 is 0 Å². The Morgan fingerprint density at radius 3 is 1.43 bits per heavy atom. The van der Waals surface area contributed by atoms with Gasteiger partial charge in [-0.25, -0.2) is 0 Å². The predicted octanol–water partition coefficient (Wildman–Crippen LogP) is 10.2. The van der Waals surface area contributed by atoms with E-state index in [0.29, 0.717) is 5.92 Å². The van der Waals surface area contributed by atoms with Gasteiger partial charge in [0.2, 0.25) is 0 Å². The van der Waals surface area contributed by atoms with Gasteiger partial charge in [-0.2, -0.15) is 0 Å².